The zero-order valence-electron chi connectivity index (χ0n) is 13.4. The Balaban J connectivity index is 1.68. The van der Waals surface area contributed by atoms with Crippen LogP contribution in [0, 0.1) is 17.2 Å². The highest BCUT2D eigenvalue weighted by Gasteiger charge is 2.16. The molecule has 1 aromatic carbocycles. The number of pyridine rings is 1. The summed E-state index contributed by atoms with van der Waals surface area (Å²) in [6.45, 7) is 2.27. The molecule has 1 aromatic heterocycles. The van der Waals surface area contributed by atoms with Gasteiger partial charge >= 0.3 is 0 Å². The molecular weight excluding hydrogens is 302 g/mol. The quantitative estimate of drug-likeness (QED) is 0.919. The average molecular weight is 321 g/mol. The second-order valence-corrected chi connectivity index (χ2v) is 5.87. The number of rotatable bonds is 5. The smallest absolute Gasteiger partial charge is 0.251 e. The number of nitrogens with zero attached hydrogens (tertiary/aromatic N) is 2. The van der Waals surface area contributed by atoms with Crippen LogP contribution in [0.15, 0.2) is 42.6 Å². The van der Waals surface area contributed by atoms with Crippen molar-refractivity contribution in [3.63, 3.8) is 0 Å². The lowest BCUT2D eigenvalue weighted by molar-refractivity contribution is 0.0950. The summed E-state index contributed by atoms with van der Waals surface area (Å²) in [7, 11) is 0. The van der Waals surface area contributed by atoms with Gasteiger partial charge in [0.05, 0.1) is 0 Å². The zero-order chi connectivity index (χ0) is 16.8. The van der Waals surface area contributed by atoms with Crippen molar-refractivity contribution in [2.75, 3.05) is 19.8 Å². The van der Waals surface area contributed by atoms with Crippen molar-refractivity contribution in [2.24, 2.45) is 5.92 Å². The van der Waals surface area contributed by atoms with Crippen molar-refractivity contribution in [1.82, 2.24) is 10.3 Å². The summed E-state index contributed by atoms with van der Waals surface area (Å²) in [5.74, 6) is 0.448. The lowest BCUT2D eigenvalue weighted by Crippen LogP contribution is -2.26. The fourth-order valence-corrected chi connectivity index (χ4v) is 2.86. The Morgan fingerprint density at radius 2 is 2.29 bits per heavy atom. The van der Waals surface area contributed by atoms with Gasteiger partial charge in [0, 0.05) is 37.1 Å². The fraction of sp³-hybridized carbons (Fsp3) is 0.316. The van der Waals surface area contributed by atoms with E-state index in [4.69, 9.17) is 4.74 Å². The maximum atomic E-state index is 12.3. The van der Waals surface area contributed by atoms with Crippen molar-refractivity contribution in [3.8, 4) is 17.2 Å². The number of hydrogen-bond acceptors (Lipinski definition) is 4. The summed E-state index contributed by atoms with van der Waals surface area (Å²) in [5.41, 5.74) is 2.49. The molecule has 1 saturated heterocycles. The van der Waals surface area contributed by atoms with E-state index in [1.165, 1.54) is 0 Å². The normalized spacial score (nSPS) is 16.5. The lowest BCUT2D eigenvalue weighted by Gasteiger charge is -2.10. The standard InChI is InChI=1S/C19H19N3O2/c20-12-18-17(5-2-8-21-18)15-3-1-4-16(11-15)19(23)22-9-6-14-7-10-24-13-14/h1-5,8,11,14H,6-7,9-10,13H2,(H,22,23)/t14-/m0/s1. The van der Waals surface area contributed by atoms with Gasteiger partial charge in [-0.3, -0.25) is 4.79 Å². The van der Waals surface area contributed by atoms with Crippen LogP contribution in [0.1, 0.15) is 28.9 Å². The maximum absolute atomic E-state index is 12.3. The van der Waals surface area contributed by atoms with Gasteiger partial charge in [-0.05, 0) is 48.6 Å². The summed E-state index contributed by atoms with van der Waals surface area (Å²) < 4.78 is 5.34. The topological polar surface area (TPSA) is 75.0 Å². The number of amides is 1. The molecule has 1 aliphatic heterocycles. The minimum atomic E-state index is -0.0989. The molecule has 24 heavy (non-hydrogen) atoms. The molecule has 0 spiro atoms. The minimum absolute atomic E-state index is 0.0989. The molecule has 3 rings (SSSR count). The van der Waals surface area contributed by atoms with E-state index in [2.05, 4.69) is 16.4 Å². The third kappa shape index (κ3) is 3.79. The van der Waals surface area contributed by atoms with Crippen LogP contribution in [-0.4, -0.2) is 30.6 Å². The Morgan fingerprint density at radius 3 is 3.08 bits per heavy atom. The molecule has 0 unspecified atom stereocenters. The van der Waals surface area contributed by atoms with Gasteiger partial charge in [-0.2, -0.15) is 5.26 Å². The van der Waals surface area contributed by atoms with Crippen molar-refractivity contribution in [2.45, 2.75) is 12.8 Å². The van der Waals surface area contributed by atoms with Crippen LogP contribution < -0.4 is 5.32 Å². The molecule has 122 valence electrons. The van der Waals surface area contributed by atoms with E-state index in [9.17, 15) is 10.1 Å². The first-order chi connectivity index (χ1) is 11.8. The molecule has 1 atom stereocenters. The molecule has 1 aliphatic rings. The van der Waals surface area contributed by atoms with Crippen molar-refractivity contribution in [3.05, 3.63) is 53.9 Å². The average Bonchev–Trinajstić information content (AvgIpc) is 3.15. The van der Waals surface area contributed by atoms with Crippen LogP contribution in [-0.2, 0) is 4.74 Å². The fourth-order valence-electron chi connectivity index (χ4n) is 2.86. The highest BCUT2D eigenvalue weighted by molar-refractivity contribution is 5.95. The molecule has 0 bridgehead atoms. The SMILES string of the molecule is N#Cc1ncccc1-c1cccc(C(=O)NCC[C@H]2CCOC2)c1. The Hall–Kier alpha value is -2.71. The zero-order valence-corrected chi connectivity index (χ0v) is 13.4. The third-order valence-electron chi connectivity index (χ3n) is 4.21. The summed E-state index contributed by atoms with van der Waals surface area (Å²) in [4.78, 5) is 16.4. The number of carbonyl (C=O) groups excluding carboxylic acids is 1. The molecule has 1 N–H and O–H groups in total. The van der Waals surface area contributed by atoms with Crippen LogP contribution in [0.25, 0.3) is 11.1 Å². The third-order valence-corrected chi connectivity index (χ3v) is 4.21. The highest BCUT2D eigenvalue weighted by Crippen LogP contribution is 2.23. The Morgan fingerprint density at radius 1 is 1.38 bits per heavy atom. The lowest BCUT2D eigenvalue weighted by atomic mass is 10.0. The molecule has 0 aliphatic carbocycles. The predicted octanol–water partition coefficient (Wildman–Crippen LogP) is 2.78. The van der Waals surface area contributed by atoms with E-state index >= 15 is 0 Å². The molecule has 2 heterocycles. The van der Waals surface area contributed by atoms with Crippen molar-refractivity contribution < 1.29 is 9.53 Å². The number of aromatic nitrogens is 1. The van der Waals surface area contributed by atoms with Crippen LogP contribution >= 0.6 is 0 Å². The van der Waals surface area contributed by atoms with Crippen LogP contribution in [0.4, 0.5) is 0 Å². The Kier molecular flexibility index (Phi) is 5.19. The van der Waals surface area contributed by atoms with Gasteiger partial charge in [0.15, 0.2) is 0 Å². The molecule has 0 radical (unpaired) electrons. The van der Waals surface area contributed by atoms with Gasteiger partial charge in [-0.1, -0.05) is 12.1 Å². The van der Waals surface area contributed by atoms with Gasteiger partial charge in [-0.25, -0.2) is 4.98 Å². The van der Waals surface area contributed by atoms with Crippen LogP contribution in [0.2, 0.25) is 0 Å². The molecule has 5 nitrogen and oxygen atoms in total. The maximum Gasteiger partial charge on any atom is 0.251 e. The first kappa shape index (κ1) is 16.2. The summed E-state index contributed by atoms with van der Waals surface area (Å²) in [6, 6.07) is 13.0. The summed E-state index contributed by atoms with van der Waals surface area (Å²) >= 11 is 0. The van der Waals surface area contributed by atoms with Crippen molar-refractivity contribution >= 4 is 5.91 Å². The van der Waals surface area contributed by atoms with E-state index in [0.29, 0.717) is 23.7 Å². The highest BCUT2D eigenvalue weighted by atomic mass is 16.5. The number of benzene rings is 1. The Bertz CT molecular complexity index is 761. The monoisotopic (exact) mass is 321 g/mol. The van der Waals surface area contributed by atoms with Crippen molar-refractivity contribution in [1.29, 1.82) is 5.26 Å². The predicted molar refractivity (Wildman–Crippen MR) is 90.3 cm³/mol. The molecular formula is C19H19N3O2. The minimum Gasteiger partial charge on any atom is -0.381 e. The Labute approximate surface area is 141 Å². The van der Waals surface area contributed by atoms with E-state index in [-0.39, 0.29) is 5.91 Å². The molecule has 2 aromatic rings. The number of carbonyl (C=O) groups is 1. The largest absolute Gasteiger partial charge is 0.381 e. The van der Waals surface area contributed by atoms with Gasteiger partial charge < -0.3 is 10.1 Å². The van der Waals surface area contributed by atoms with Gasteiger partial charge in [-0.15, -0.1) is 0 Å². The number of nitrogens with one attached hydrogen (secondary N) is 1. The van der Waals surface area contributed by atoms with Crippen LogP contribution in [0.5, 0.6) is 0 Å². The van der Waals surface area contributed by atoms with E-state index in [0.717, 1.165) is 37.2 Å². The van der Waals surface area contributed by atoms with E-state index in [1.54, 1.807) is 24.4 Å². The second-order valence-electron chi connectivity index (χ2n) is 5.87. The number of hydrogen-bond donors (Lipinski definition) is 1. The summed E-state index contributed by atoms with van der Waals surface area (Å²) in [5, 5.41) is 12.1. The number of nitriles is 1. The van der Waals surface area contributed by atoms with E-state index in [1.807, 2.05) is 18.2 Å². The molecule has 5 heteroatoms. The second kappa shape index (κ2) is 7.71. The molecule has 0 saturated carbocycles. The number of ether oxygens (including phenoxy) is 1. The first-order valence-electron chi connectivity index (χ1n) is 8.09. The molecule has 1 fully saturated rings. The van der Waals surface area contributed by atoms with Gasteiger partial charge in [0.1, 0.15) is 11.8 Å². The van der Waals surface area contributed by atoms with Crippen LogP contribution in [0.3, 0.4) is 0 Å². The summed E-state index contributed by atoms with van der Waals surface area (Å²) in [6.07, 6.45) is 3.60. The van der Waals surface area contributed by atoms with E-state index < -0.39 is 0 Å². The first-order valence-corrected chi connectivity index (χ1v) is 8.09. The molecule has 1 amide bonds. The van der Waals surface area contributed by atoms with Gasteiger partial charge in [0.25, 0.3) is 5.91 Å². The van der Waals surface area contributed by atoms with Gasteiger partial charge in [0.2, 0.25) is 0 Å².